The summed E-state index contributed by atoms with van der Waals surface area (Å²) >= 11 is 5.74. The van der Waals surface area contributed by atoms with Crippen LogP contribution in [0.5, 0.6) is 5.75 Å². The molecule has 5 rings (SSSR count). The van der Waals surface area contributed by atoms with Gasteiger partial charge in [-0.3, -0.25) is 0 Å². The van der Waals surface area contributed by atoms with E-state index in [1.165, 1.54) is 0 Å². The number of nitrogens with one attached hydrogen (secondary N) is 1. The number of benzene rings is 2. The van der Waals surface area contributed by atoms with Crippen LogP contribution in [0.15, 0.2) is 87.6 Å². The first kappa shape index (κ1) is 21.0. The van der Waals surface area contributed by atoms with Crippen molar-refractivity contribution in [2.45, 2.75) is 19.5 Å². The van der Waals surface area contributed by atoms with Gasteiger partial charge in [-0.25, -0.2) is 0 Å². The average molecular weight is 459 g/mol. The second-order valence-electron chi connectivity index (χ2n) is 7.61. The zero-order valence-electron chi connectivity index (χ0n) is 18.2. The number of allylic oxidation sites excluding steroid dienone is 1. The Morgan fingerprint density at radius 3 is 2.55 bits per heavy atom. The van der Waals surface area contributed by atoms with Crippen LogP contribution in [0.25, 0.3) is 17.0 Å². The maximum absolute atomic E-state index is 5.77. The largest absolute Gasteiger partial charge is 0.497 e. The third kappa shape index (κ3) is 4.12. The van der Waals surface area contributed by atoms with Crippen LogP contribution in [0.4, 0.5) is 0 Å². The van der Waals surface area contributed by atoms with Gasteiger partial charge in [0, 0.05) is 11.3 Å². The molecule has 8 heteroatoms. The predicted molar refractivity (Wildman–Crippen MR) is 128 cm³/mol. The van der Waals surface area contributed by atoms with Gasteiger partial charge in [-0.2, -0.15) is 4.98 Å². The van der Waals surface area contributed by atoms with Gasteiger partial charge in [-0.15, -0.1) is 0 Å². The fraction of sp³-hybridized carbons (Fsp3) is 0.160. The van der Waals surface area contributed by atoms with Crippen molar-refractivity contribution >= 4 is 22.9 Å². The highest BCUT2D eigenvalue weighted by atomic mass is 32.1. The van der Waals surface area contributed by atoms with E-state index in [9.17, 15) is 0 Å². The topological polar surface area (TPSA) is 76.6 Å². The van der Waals surface area contributed by atoms with Crippen LogP contribution in [0.2, 0.25) is 0 Å². The number of aromatic nitrogens is 2. The van der Waals surface area contributed by atoms with Gasteiger partial charge in [0.25, 0.3) is 5.89 Å². The standard InChI is InChI=1S/C25H22N4O3S/c1-16-21(24-27-23(28-32-24)18-7-4-3-5-8-18)22(17-10-12-19(30-2)13-11-17)26-25(33)29(16)15-20-9-6-14-31-20/h3-14,22H,15H2,1-2H3,(H,26,33). The quantitative estimate of drug-likeness (QED) is 0.395. The molecule has 33 heavy (non-hydrogen) atoms. The van der Waals surface area contributed by atoms with E-state index in [2.05, 4.69) is 10.5 Å². The molecule has 0 spiro atoms. The van der Waals surface area contributed by atoms with Crippen LogP contribution >= 0.6 is 12.2 Å². The minimum atomic E-state index is -0.264. The summed E-state index contributed by atoms with van der Waals surface area (Å²) in [6.07, 6.45) is 1.65. The van der Waals surface area contributed by atoms with Crippen molar-refractivity contribution in [1.82, 2.24) is 20.4 Å². The summed E-state index contributed by atoms with van der Waals surface area (Å²) in [6.45, 7) is 2.50. The summed E-state index contributed by atoms with van der Waals surface area (Å²) in [6, 6.07) is 21.1. The zero-order chi connectivity index (χ0) is 22.8. The molecule has 0 fully saturated rings. The molecule has 1 aliphatic heterocycles. The summed E-state index contributed by atoms with van der Waals surface area (Å²) in [5, 5.41) is 8.28. The van der Waals surface area contributed by atoms with Crippen molar-refractivity contribution in [3.8, 4) is 17.1 Å². The molecule has 1 aliphatic rings. The van der Waals surface area contributed by atoms with Crippen molar-refractivity contribution in [3.63, 3.8) is 0 Å². The molecule has 3 heterocycles. The molecule has 1 unspecified atom stereocenters. The molecule has 4 aromatic rings. The molecule has 0 saturated heterocycles. The average Bonchev–Trinajstić information content (AvgIpc) is 3.54. The minimum Gasteiger partial charge on any atom is -0.497 e. The van der Waals surface area contributed by atoms with Gasteiger partial charge in [0.05, 0.1) is 31.5 Å². The normalized spacial score (nSPS) is 16.1. The van der Waals surface area contributed by atoms with E-state index in [0.717, 1.165) is 33.9 Å². The Balaban J connectivity index is 1.59. The van der Waals surface area contributed by atoms with Gasteiger partial charge in [0.1, 0.15) is 11.5 Å². The zero-order valence-corrected chi connectivity index (χ0v) is 19.0. The molecule has 0 aliphatic carbocycles. The molecule has 0 radical (unpaired) electrons. The number of hydrogen-bond donors (Lipinski definition) is 1. The summed E-state index contributed by atoms with van der Waals surface area (Å²) in [5.41, 5.74) is 3.66. The first-order valence-corrected chi connectivity index (χ1v) is 10.9. The van der Waals surface area contributed by atoms with E-state index in [1.807, 2.05) is 78.6 Å². The summed E-state index contributed by atoms with van der Waals surface area (Å²) in [7, 11) is 1.65. The minimum absolute atomic E-state index is 0.264. The smallest absolute Gasteiger partial charge is 0.258 e. The molecule has 7 nitrogen and oxygen atoms in total. The Bertz CT molecular complexity index is 1280. The van der Waals surface area contributed by atoms with Crippen LogP contribution in [0.1, 0.15) is 30.2 Å². The van der Waals surface area contributed by atoms with Gasteiger partial charge in [0.2, 0.25) is 5.82 Å². The molecular weight excluding hydrogens is 436 g/mol. The summed E-state index contributed by atoms with van der Waals surface area (Å²) in [5.74, 6) is 2.55. The van der Waals surface area contributed by atoms with E-state index in [0.29, 0.717) is 23.4 Å². The lowest BCUT2D eigenvalue weighted by molar-refractivity contribution is 0.382. The van der Waals surface area contributed by atoms with Crippen molar-refractivity contribution in [1.29, 1.82) is 0 Å². The van der Waals surface area contributed by atoms with Gasteiger partial charge < -0.3 is 23.9 Å². The van der Waals surface area contributed by atoms with Gasteiger partial charge >= 0.3 is 0 Å². The van der Waals surface area contributed by atoms with Crippen molar-refractivity contribution in [2.75, 3.05) is 7.11 Å². The number of methoxy groups -OCH3 is 1. The molecule has 0 bridgehead atoms. The van der Waals surface area contributed by atoms with E-state index in [-0.39, 0.29) is 6.04 Å². The lowest BCUT2D eigenvalue weighted by Crippen LogP contribution is -2.45. The number of ether oxygens (including phenoxy) is 1. The van der Waals surface area contributed by atoms with Crippen LogP contribution < -0.4 is 10.1 Å². The highest BCUT2D eigenvalue weighted by molar-refractivity contribution is 7.80. The van der Waals surface area contributed by atoms with Gasteiger partial charge in [-0.05, 0) is 49.0 Å². The lowest BCUT2D eigenvalue weighted by atomic mass is 9.94. The second-order valence-corrected chi connectivity index (χ2v) is 8.00. The Morgan fingerprint density at radius 1 is 1.06 bits per heavy atom. The highest BCUT2D eigenvalue weighted by Crippen LogP contribution is 2.38. The fourth-order valence-corrected chi connectivity index (χ4v) is 4.21. The lowest BCUT2D eigenvalue weighted by Gasteiger charge is -2.37. The van der Waals surface area contributed by atoms with Crippen LogP contribution in [0.3, 0.4) is 0 Å². The van der Waals surface area contributed by atoms with Gasteiger partial charge in [-0.1, -0.05) is 47.6 Å². The van der Waals surface area contributed by atoms with E-state index in [4.69, 9.17) is 30.9 Å². The number of hydrogen-bond acceptors (Lipinski definition) is 6. The third-order valence-electron chi connectivity index (χ3n) is 5.63. The number of nitrogens with zero attached hydrogens (tertiary/aromatic N) is 3. The molecule has 1 atom stereocenters. The highest BCUT2D eigenvalue weighted by Gasteiger charge is 2.34. The van der Waals surface area contributed by atoms with E-state index >= 15 is 0 Å². The maximum atomic E-state index is 5.77. The Kier molecular flexibility index (Phi) is 5.66. The molecular formula is C25H22N4O3S. The molecule has 2 aromatic heterocycles. The Labute approximate surface area is 196 Å². The molecule has 1 N–H and O–H groups in total. The first-order valence-electron chi connectivity index (χ1n) is 10.5. The van der Waals surface area contributed by atoms with Crippen molar-refractivity contribution in [3.05, 3.63) is 95.9 Å². The van der Waals surface area contributed by atoms with Gasteiger partial charge in [0.15, 0.2) is 5.11 Å². The monoisotopic (exact) mass is 458 g/mol. The first-order chi connectivity index (χ1) is 16.1. The fourth-order valence-electron chi connectivity index (χ4n) is 3.89. The third-order valence-corrected chi connectivity index (χ3v) is 5.97. The molecule has 0 saturated carbocycles. The number of thiocarbonyl (C=S) groups is 1. The molecule has 2 aromatic carbocycles. The number of furan rings is 1. The van der Waals surface area contributed by atoms with E-state index in [1.54, 1.807) is 13.4 Å². The number of rotatable bonds is 6. The van der Waals surface area contributed by atoms with E-state index < -0.39 is 0 Å². The SMILES string of the molecule is COc1ccc(C2NC(=S)N(Cc3ccco3)C(C)=C2c2nc(-c3ccccc3)no2)cc1. The second kappa shape index (κ2) is 8.91. The van der Waals surface area contributed by atoms with Crippen molar-refractivity contribution in [2.24, 2.45) is 0 Å². The Morgan fingerprint density at radius 2 is 1.85 bits per heavy atom. The summed E-state index contributed by atoms with van der Waals surface area (Å²) in [4.78, 5) is 6.71. The molecule has 166 valence electrons. The predicted octanol–water partition coefficient (Wildman–Crippen LogP) is 5.20. The Hall–Kier alpha value is -3.91. The molecule has 0 amide bonds. The van der Waals surface area contributed by atoms with Crippen molar-refractivity contribution < 1.29 is 13.7 Å². The van der Waals surface area contributed by atoms with Crippen LogP contribution in [-0.2, 0) is 6.54 Å². The maximum Gasteiger partial charge on any atom is 0.258 e. The summed E-state index contributed by atoms with van der Waals surface area (Å²) < 4.78 is 16.6. The van der Waals surface area contributed by atoms with Crippen LogP contribution in [0, 0.1) is 0 Å². The van der Waals surface area contributed by atoms with Crippen LogP contribution in [-0.4, -0.2) is 27.3 Å².